The molecule has 3 fully saturated rings. The Morgan fingerprint density at radius 2 is 1.89 bits per heavy atom. The lowest BCUT2D eigenvalue weighted by Gasteiger charge is -2.38. The quantitative estimate of drug-likeness (QED) is 0.689. The lowest BCUT2D eigenvalue weighted by molar-refractivity contribution is -0.155. The molecule has 5 heteroatoms. The van der Waals surface area contributed by atoms with E-state index < -0.39 is 5.60 Å². The van der Waals surface area contributed by atoms with Crippen molar-refractivity contribution >= 4 is 23.6 Å². The van der Waals surface area contributed by atoms with Crippen LogP contribution in [0, 0.1) is 5.92 Å². The van der Waals surface area contributed by atoms with Crippen LogP contribution in [0.15, 0.2) is 0 Å². The predicted molar refractivity (Wildman–Crippen MR) is 73.9 cm³/mol. The smallest absolute Gasteiger partial charge is 0.307 e. The summed E-state index contributed by atoms with van der Waals surface area (Å²) in [5, 5.41) is 0. The molecule has 19 heavy (non-hydrogen) atoms. The van der Waals surface area contributed by atoms with Gasteiger partial charge in [0.25, 0.3) is 0 Å². The molecular weight excluding hydrogens is 262 g/mol. The average molecular weight is 283 g/mol. The third kappa shape index (κ3) is 2.49. The van der Waals surface area contributed by atoms with Crippen molar-refractivity contribution in [1.82, 2.24) is 4.90 Å². The molecule has 0 aromatic carbocycles. The normalized spacial score (nSPS) is 30.4. The van der Waals surface area contributed by atoms with Gasteiger partial charge in [-0.25, -0.2) is 0 Å². The molecule has 4 nitrogen and oxygen atoms in total. The Labute approximate surface area is 118 Å². The molecule has 1 saturated carbocycles. The molecular formula is C14H21NO3S. The van der Waals surface area contributed by atoms with E-state index in [4.69, 9.17) is 4.74 Å². The number of thioether (sulfide) groups is 1. The number of carbonyl (C=O) groups excluding carboxylic acids is 2. The summed E-state index contributed by atoms with van der Waals surface area (Å²) in [7, 11) is 0. The molecule has 0 aromatic heterocycles. The summed E-state index contributed by atoms with van der Waals surface area (Å²) in [5.74, 6) is 1.80. The number of hydrogen-bond donors (Lipinski definition) is 0. The third-order valence-corrected chi connectivity index (χ3v) is 5.59. The zero-order valence-corrected chi connectivity index (χ0v) is 12.0. The van der Waals surface area contributed by atoms with Crippen molar-refractivity contribution in [3.05, 3.63) is 0 Å². The van der Waals surface area contributed by atoms with Gasteiger partial charge in [0.2, 0.25) is 5.91 Å². The number of amides is 1. The number of ether oxygens (including phenoxy) is 1. The second-order valence-corrected chi connectivity index (χ2v) is 7.02. The SMILES string of the molecule is O=C1C[C@H](C(=O)N2CCSCC2)C2(CCCCC2)O1. The first-order valence-corrected chi connectivity index (χ1v) is 8.45. The zero-order valence-electron chi connectivity index (χ0n) is 11.2. The molecule has 0 bridgehead atoms. The molecule has 1 aliphatic carbocycles. The summed E-state index contributed by atoms with van der Waals surface area (Å²) >= 11 is 1.89. The monoisotopic (exact) mass is 283 g/mol. The minimum Gasteiger partial charge on any atom is -0.458 e. The molecule has 3 rings (SSSR count). The van der Waals surface area contributed by atoms with Crippen molar-refractivity contribution in [3.8, 4) is 0 Å². The maximum atomic E-state index is 12.7. The Hall–Kier alpha value is -0.710. The molecule has 1 amide bonds. The maximum absolute atomic E-state index is 12.7. The molecule has 3 aliphatic rings. The van der Waals surface area contributed by atoms with Crippen LogP contribution in [-0.2, 0) is 14.3 Å². The second-order valence-electron chi connectivity index (χ2n) is 5.79. The molecule has 2 heterocycles. The van der Waals surface area contributed by atoms with Gasteiger partial charge in [-0.05, 0) is 25.7 Å². The number of rotatable bonds is 1. The van der Waals surface area contributed by atoms with Crippen LogP contribution in [0.5, 0.6) is 0 Å². The highest BCUT2D eigenvalue weighted by Gasteiger charge is 2.53. The van der Waals surface area contributed by atoms with Crippen molar-refractivity contribution in [1.29, 1.82) is 0 Å². The van der Waals surface area contributed by atoms with Crippen molar-refractivity contribution in [2.24, 2.45) is 5.92 Å². The summed E-state index contributed by atoms with van der Waals surface area (Å²) < 4.78 is 5.62. The zero-order chi connectivity index (χ0) is 13.3. The molecule has 2 saturated heterocycles. The Kier molecular flexibility index (Phi) is 3.74. The molecule has 1 atom stereocenters. The van der Waals surface area contributed by atoms with Gasteiger partial charge in [-0.15, -0.1) is 0 Å². The minimum atomic E-state index is -0.461. The second kappa shape index (κ2) is 5.35. The van der Waals surface area contributed by atoms with Crippen molar-refractivity contribution in [2.75, 3.05) is 24.6 Å². The van der Waals surface area contributed by atoms with Gasteiger partial charge in [0.15, 0.2) is 0 Å². The van der Waals surface area contributed by atoms with Crippen LogP contribution in [0.1, 0.15) is 38.5 Å². The predicted octanol–water partition coefficient (Wildman–Crippen LogP) is 1.83. The largest absolute Gasteiger partial charge is 0.458 e. The number of nitrogens with zero attached hydrogens (tertiary/aromatic N) is 1. The fraction of sp³-hybridized carbons (Fsp3) is 0.857. The van der Waals surface area contributed by atoms with Crippen LogP contribution in [0.25, 0.3) is 0 Å². The first kappa shape index (κ1) is 13.3. The van der Waals surface area contributed by atoms with Gasteiger partial charge in [-0.3, -0.25) is 9.59 Å². The average Bonchev–Trinajstić information content (AvgIpc) is 2.76. The van der Waals surface area contributed by atoms with Gasteiger partial charge < -0.3 is 9.64 Å². The Bertz CT molecular complexity index is 373. The van der Waals surface area contributed by atoms with E-state index in [1.807, 2.05) is 16.7 Å². The highest BCUT2D eigenvalue weighted by atomic mass is 32.2. The van der Waals surface area contributed by atoms with Crippen molar-refractivity contribution < 1.29 is 14.3 Å². The van der Waals surface area contributed by atoms with Gasteiger partial charge in [-0.1, -0.05) is 6.42 Å². The molecule has 106 valence electrons. The van der Waals surface area contributed by atoms with Crippen LogP contribution >= 0.6 is 11.8 Å². The van der Waals surface area contributed by atoms with Crippen LogP contribution in [0.2, 0.25) is 0 Å². The Morgan fingerprint density at radius 1 is 1.21 bits per heavy atom. The van der Waals surface area contributed by atoms with Gasteiger partial charge in [-0.2, -0.15) is 11.8 Å². The fourth-order valence-corrected chi connectivity index (χ4v) is 4.51. The molecule has 0 N–H and O–H groups in total. The van der Waals surface area contributed by atoms with Crippen LogP contribution in [0.3, 0.4) is 0 Å². The summed E-state index contributed by atoms with van der Waals surface area (Å²) in [4.78, 5) is 26.4. The highest BCUT2D eigenvalue weighted by Crippen LogP contribution is 2.45. The van der Waals surface area contributed by atoms with Crippen LogP contribution in [0.4, 0.5) is 0 Å². The summed E-state index contributed by atoms with van der Waals surface area (Å²) in [5.41, 5.74) is -0.461. The lowest BCUT2D eigenvalue weighted by Crippen LogP contribution is -2.49. The molecule has 0 unspecified atom stereocenters. The van der Waals surface area contributed by atoms with E-state index in [0.29, 0.717) is 6.42 Å². The van der Waals surface area contributed by atoms with Gasteiger partial charge >= 0.3 is 5.97 Å². The molecule has 0 aromatic rings. The molecule has 1 spiro atoms. The summed E-state index contributed by atoms with van der Waals surface area (Å²) in [6, 6.07) is 0. The third-order valence-electron chi connectivity index (χ3n) is 4.64. The standard InChI is InChI=1S/C14H21NO3S/c16-12-10-11(13(17)15-6-8-19-9-7-15)14(18-12)4-2-1-3-5-14/h11H,1-10H2/t11-/m1/s1. The van der Waals surface area contributed by atoms with Gasteiger partial charge in [0, 0.05) is 24.6 Å². The molecule has 0 radical (unpaired) electrons. The van der Waals surface area contributed by atoms with E-state index in [9.17, 15) is 9.59 Å². The Morgan fingerprint density at radius 3 is 2.58 bits per heavy atom. The van der Waals surface area contributed by atoms with E-state index in [2.05, 4.69) is 0 Å². The highest BCUT2D eigenvalue weighted by molar-refractivity contribution is 7.99. The number of carbonyl (C=O) groups is 2. The van der Waals surface area contributed by atoms with E-state index in [0.717, 1.165) is 50.3 Å². The molecule has 2 aliphatic heterocycles. The van der Waals surface area contributed by atoms with Crippen molar-refractivity contribution in [2.45, 2.75) is 44.1 Å². The summed E-state index contributed by atoms with van der Waals surface area (Å²) in [6.45, 7) is 1.65. The summed E-state index contributed by atoms with van der Waals surface area (Å²) in [6.07, 6.45) is 5.39. The van der Waals surface area contributed by atoms with E-state index in [-0.39, 0.29) is 17.8 Å². The van der Waals surface area contributed by atoms with Crippen LogP contribution < -0.4 is 0 Å². The first-order chi connectivity index (χ1) is 9.21. The van der Waals surface area contributed by atoms with Crippen molar-refractivity contribution in [3.63, 3.8) is 0 Å². The number of hydrogen-bond acceptors (Lipinski definition) is 4. The topological polar surface area (TPSA) is 46.6 Å². The maximum Gasteiger partial charge on any atom is 0.307 e. The van der Waals surface area contributed by atoms with E-state index in [1.165, 1.54) is 6.42 Å². The van der Waals surface area contributed by atoms with E-state index in [1.54, 1.807) is 0 Å². The fourth-order valence-electron chi connectivity index (χ4n) is 3.61. The lowest BCUT2D eigenvalue weighted by atomic mass is 9.75. The van der Waals surface area contributed by atoms with Crippen LogP contribution in [-0.4, -0.2) is 47.0 Å². The van der Waals surface area contributed by atoms with E-state index >= 15 is 0 Å². The first-order valence-electron chi connectivity index (χ1n) is 7.30. The minimum absolute atomic E-state index is 0.160. The van der Waals surface area contributed by atoms with Gasteiger partial charge in [0.05, 0.1) is 12.3 Å². The Balaban J connectivity index is 1.76. The van der Waals surface area contributed by atoms with Gasteiger partial charge in [0.1, 0.15) is 5.60 Å². The number of esters is 1.